The molecule has 1 aromatic heterocycles. The molecular weight excluding hydrogens is 272 g/mol. The minimum Gasteiger partial charge on any atom is -0.297 e. The van der Waals surface area contributed by atoms with Crippen LogP contribution in [0.15, 0.2) is 27.9 Å². The number of nitrogens with zero attached hydrogens (tertiary/aromatic N) is 5. The topological polar surface area (TPSA) is 97.5 Å². The number of nitriles is 1. The van der Waals surface area contributed by atoms with E-state index in [4.69, 9.17) is 10.8 Å². The first-order chi connectivity index (χ1) is 7.77. The molecule has 0 aliphatic heterocycles. The van der Waals surface area contributed by atoms with Gasteiger partial charge in [0.15, 0.2) is 0 Å². The van der Waals surface area contributed by atoms with Crippen LogP contribution >= 0.6 is 15.9 Å². The van der Waals surface area contributed by atoms with Gasteiger partial charge >= 0.3 is 0 Å². The largest absolute Gasteiger partial charge is 0.297 e. The standard InChI is InChI=1S/C9H9BrN6/c10-7-1-2-8(14-6-7)9(5-11)13-3-4-15-16-12/h1-2,6,9,13H,3-4H2. The first kappa shape index (κ1) is 12.5. The molecule has 1 unspecified atom stereocenters. The minimum atomic E-state index is -0.484. The number of hydrogen-bond acceptors (Lipinski definition) is 4. The van der Waals surface area contributed by atoms with Gasteiger partial charge in [0.2, 0.25) is 0 Å². The first-order valence-corrected chi connectivity index (χ1v) is 5.32. The normalized spacial score (nSPS) is 11.2. The summed E-state index contributed by atoms with van der Waals surface area (Å²) in [6.45, 7) is 0.755. The third kappa shape index (κ3) is 3.87. The van der Waals surface area contributed by atoms with Crippen LogP contribution in [0, 0.1) is 11.3 Å². The zero-order valence-electron chi connectivity index (χ0n) is 8.34. The predicted molar refractivity (Wildman–Crippen MR) is 62.3 cm³/mol. The molecule has 0 saturated heterocycles. The van der Waals surface area contributed by atoms with Crippen molar-refractivity contribution in [2.24, 2.45) is 5.11 Å². The Bertz CT molecular complexity index is 417. The van der Waals surface area contributed by atoms with Crippen molar-refractivity contribution >= 4 is 15.9 Å². The van der Waals surface area contributed by atoms with E-state index in [1.807, 2.05) is 6.07 Å². The van der Waals surface area contributed by atoms with Gasteiger partial charge in [-0.15, -0.1) is 0 Å². The van der Waals surface area contributed by atoms with Crippen LogP contribution in [0.25, 0.3) is 10.4 Å². The Kier molecular flexibility index (Phi) is 5.29. The van der Waals surface area contributed by atoms with Crippen LogP contribution in [-0.4, -0.2) is 18.1 Å². The van der Waals surface area contributed by atoms with Crippen LogP contribution < -0.4 is 5.32 Å². The Hall–Kier alpha value is -1.61. The summed E-state index contributed by atoms with van der Waals surface area (Å²) in [5, 5.41) is 15.2. The maximum Gasteiger partial charge on any atom is 0.138 e. The molecule has 1 N–H and O–H groups in total. The molecule has 0 bridgehead atoms. The predicted octanol–water partition coefficient (Wildman–Crippen LogP) is 2.31. The van der Waals surface area contributed by atoms with Crippen LogP contribution in [0.5, 0.6) is 0 Å². The number of nitrogens with one attached hydrogen (secondary N) is 1. The first-order valence-electron chi connectivity index (χ1n) is 4.53. The third-order valence-electron chi connectivity index (χ3n) is 1.80. The van der Waals surface area contributed by atoms with E-state index in [1.54, 1.807) is 12.3 Å². The molecule has 6 nitrogen and oxygen atoms in total. The Balaban J connectivity index is 2.57. The number of halogens is 1. The van der Waals surface area contributed by atoms with Crippen molar-refractivity contribution in [2.75, 3.05) is 13.1 Å². The smallest absolute Gasteiger partial charge is 0.138 e. The van der Waals surface area contributed by atoms with E-state index in [9.17, 15) is 0 Å². The lowest BCUT2D eigenvalue weighted by molar-refractivity contribution is 0.622. The van der Waals surface area contributed by atoms with E-state index < -0.39 is 6.04 Å². The van der Waals surface area contributed by atoms with E-state index in [0.29, 0.717) is 18.8 Å². The lowest BCUT2D eigenvalue weighted by Gasteiger charge is -2.09. The molecule has 0 aromatic carbocycles. The maximum atomic E-state index is 8.94. The molecule has 7 heteroatoms. The molecule has 0 amide bonds. The van der Waals surface area contributed by atoms with Gasteiger partial charge in [0.25, 0.3) is 0 Å². The summed E-state index contributed by atoms with van der Waals surface area (Å²) in [5.74, 6) is 0. The van der Waals surface area contributed by atoms with Crippen molar-refractivity contribution in [3.8, 4) is 6.07 Å². The highest BCUT2D eigenvalue weighted by Gasteiger charge is 2.09. The van der Waals surface area contributed by atoms with Gasteiger partial charge < -0.3 is 0 Å². The molecule has 1 atom stereocenters. The third-order valence-corrected chi connectivity index (χ3v) is 2.27. The summed E-state index contributed by atoms with van der Waals surface area (Å²) >= 11 is 3.27. The second kappa shape index (κ2) is 6.80. The number of rotatable bonds is 5. The fourth-order valence-electron chi connectivity index (χ4n) is 1.08. The Labute approximate surface area is 101 Å². The molecule has 0 saturated carbocycles. The number of azide groups is 1. The zero-order valence-corrected chi connectivity index (χ0v) is 9.92. The van der Waals surface area contributed by atoms with Gasteiger partial charge in [-0.2, -0.15) is 5.26 Å². The molecule has 0 aliphatic carbocycles. The van der Waals surface area contributed by atoms with Crippen molar-refractivity contribution in [3.63, 3.8) is 0 Å². The fourth-order valence-corrected chi connectivity index (χ4v) is 1.31. The number of hydrogen-bond donors (Lipinski definition) is 1. The average Bonchev–Trinajstić information content (AvgIpc) is 2.31. The highest BCUT2D eigenvalue weighted by atomic mass is 79.9. The van der Waals surface area contributed by atoms with E-state index >= 15 is 0 Å². The Morgan fingerprint density at radius 3 is 3.06 bits per heavy atom. The van der Waals surface area contributed by atoms with Gasteiger partial charge in [0.1, 0.15) is 6.04 Å². The summed E-state index contributed by atoms with van der Waals surface area (Å²) in [4.78, 5) is 6.74. The van der Waals surface area contributed by atoms with Crippen LogP contribution in [0.3, 0.4) is 0 Å². The second-order valence-corrected chi connectivity index (χ2v) is 3.79. The summed E-state index contributed by atoms with van der Waals surface area (Å²) in [5.41, 5.74) is 8.73. The van der Waals surface area contributed by atoms with Crippen LogP contribution in [0.1, 0.15) is 11.7 Å². The summed E-state index contributed by atoms with van der Waals surface area (Å²) in [6, 6.07) is 5.19. The second-order valence-electron chi connectivity index (χ2n) is 2.87. The summed E-state index contributed by atoms with van der Waals surface area (Å²) in [6.07, 6.45) is 1.63. The molecule has 1 rings (SSSR count). The van der Waals surface area contributed by atoms with E-state index in [1.165, 1.54) is 0 Å². The van der Waals surface area contributed by atoms with Crippen molar-refractivity contribution in [1.29, 1.82) is 5.26 Å². The Morgan fingerprint density at radius 2 is 2.50 bits per heavy atom. The molecule has 82 valence electrons. The van der Waals surface area contributed by atoms with Crippen molar-refractivity contribution in [1.82, 2.24) is 10.3 Å². The number of pyridine rings is 1. The SMILES string of the molecule is N#CC(NCCN=[N+]=[N-])c1ccc(Br)cn1. The molecule has 1 heterocycles. The summed E-state index contributed by atoms with van der Waals surface area (Å²) in [7, 11) is 0. The molecule has 16 heavy (non-hydrogen) atoms. The minimum absolute atomic E-state index is 0.311. The van der Waals surface area contributed by atoms with Gasteiger partial charge in [-0.05, 0) is 33.6 Å². The average molecular weight is 281 g/mol. The van der Waals surface area contributed by atoms with Crippen LogP contribution in [0.4, 0.5) is 0 Å². The van der Waals surface area contributed by atoms with Gasteiger partial charge in [-0.1, -0.05) is 5.11 Å². The van der Waals surface area contributed by atoms with Gasteiger partial charge in [0.05, 0.1) is 11.8 Å². The quantitative estimate of drug-likeness (QED) is 0.388. The van der Waals surface area contributed by atoms with Crippen LogP contribution in [0.2, 0.25) is 0 Å². The lowest BCUT2D eigenvalue weighted by Crippen LogP contribution is -2.23. The highest BCUT2D eigenvalue weighted by molar-refractivity contribution is 9.10. The van der Waals surface area contributed by atoms with E-state index in [-0.39, 0.29) is 0 Å². The molecule has 0 spiro atoms. The number of aromatic nitrogens is 1. The highest BCUT2D eigenvalue weighted by Crippen LogP contribution is 2.12. The molecule has 0 fully saturated rings. The van der Waals surface area contributed by atoms with E-state index in [2.05, 4.69) is 42.3 Å². The molecule has 0 radical (unpaired) electrons. The van der Waals surface area contributed by atoms with Gasteiger partial charge in [-0.25, -0.2) is 0 Å². The van der Waals surface area contributed by atoms with E-state index in [0.717, 1.165) is 4.47 Å². The van der Waals surface area contributed by atoms with Gasteiger partial charge in [0, 0.05) is 28.7 Å². The van der Waals surface area contributed by atoms with Crippen molar-refractivity contribution in [2.45, 2.75) is 6.04 Å². The zero-order chi connectivity index (χ0) is 11.8. The molecule has 1 aromatic rings. The van der Waals surface area contributed by atoms with Crippen LogP contribution in [-0.2, 0) is 0 Å². The summed E-state index contributed by atoms with van der Waals surface area (Å²) < 4.78 is 0.863. The van der Waals surface area contributed by atoms with Crippen molar-refractivity contribution < 1.29 is 0 Å². The van der Waals surface area contributed by atoms with Crippen molar-refractivity contribution in [3.05, 3.63) is 38.9 Å². The Morgan fingerprint density at radius 1 is 1.69 bits per heavy atom. The monoisotopic (exact) mass is 280 g/mol. The molecule has 0 aliphatic rings. The molecular formula is C9H9BrN6. The van der Waals surface area contributed by atoms with Gasteiger partial charge in [-0.3, -0.25) is 10.3 Å². The fraction of sp³-hybridized carbons (Fsp3) is 0.333. The maximum absolute atomic E-state index is 8.94. The lowest BCUT2D eigenvalue weighted by atomic mass is 10.2.